The van der Waals surface area contributed by atoms with Crippen molar-refractivity contribution in [3.63, 3.8) is 0 Å². The molecule has 0 unspecified atom stereocenters. The second kappa shape index (κ2) is 6.99. The summed E-state index contributed by atoms with van der Waals surface area (Å²) < 4.78 is 0. The lowest BCUT2D eigenvalue weighted by atomic mass is 10.1. The van der Waals surface area contributed by atoms with Gasteiger partial charge in [0.2, 0.25) is 0 Å². The number of aliphatic hydroxyl groups excluding tert-OH is 1. The zero-order valence-corrected chi connectivity index (χ0v) is 13.1. The van der Waals surface area contributed by atoms with Crippen LogP contribution < -0.4 is 0 Å². The van der Waals surface area contributed by atoms with Crippen LogP contribution in [0.5, 0.6) is 0 Å². The van der Waals surface area contributed by atoms with E-state index in [9.17, 15) is 9.90 Å². The smallest absolute Gasteiger partial charge is 0.253 e. The summed E-state index contributed by atoms with van der Waals surface area (Å²) in [6, 6.07) is 18.1. The van der Waals surface area contributed by atoms with Crippen LogP contribution in [0.25, 0.3) is 0 Å². The van der Waals surface area contributed by atoms with E-state index in [2.05, 4.69) is 12.1 Å². The summed E-state index contributed by atoms with van der Waals surface area (Å²) in [5.74, 6) is 0.903. The average Bonchev–Trinajstić information content (AvgIpc) is 3.00. The monoisotopic (exact) mass is 313 g/mol. The quantitative estimate of drug-likeness (QED) is 0.881. The average molecular weight is 313 g/mol. The summed E-state index contributed by atoms with van der Waals surface area (Å²) in [4.78, 5) is 15.3. The fourth-order valence-electron chi connectivity index (χ4n) is 2.54. The number of nitrogens with zero attached hydrogens (tertiary/aromatic N) is 1. The molecule has 0 bridgehead atoms. The van der Waals surface area contributed by atoms with Gasteiger partial charge in [0.1, 0.15) is 0 Å². The minimum absolute atomic E-state index is 0.0128. The summed E-state index contributed by atoms with van der Waals surface area (Å²) in [5, 5.41) is 9.52. The van der Waals surface area contributed by atoms with Gasteiger partial charge in [0.05, 0.1) is 6.10 Å². The Morgan fingerprint density at radius 3 is 2.50 bits per heavy atom. The molecule has 1 saturated heterocycles. The zero-order chi connectivity index (χ0) is 15.4. The first-order valence-corrected chi connectivity index (χ1v) is 8.45. The van der Waals surface area contributed by atoms with Crippen LogP contribution in [-0.4, -0.2) is 35.1 Å². The molecule has 114 valence electrons. The van der Waals surface area contributed by atoms with Crippen LogP contribution >= 0.6 is 11.8 Å². The van der Waals surface area contributed by atoms with E-state index in [1.165, 1.54) is 10.5 Å². The van der Waals surface area contributed by atoms with E-state index in [1.807, 2.05) is 42.5 Å². The molecule has 1 amide bonds. The number of aliphatic hydroxyl groups is 1. The highest BCUT2D eigenvalue weighted by Crippen LogP contribution is 2.22. The summed E-state index contributed by atoms with van der Waals surface area (Å²) in [7, 11) is 0. The van der Waals surface area contributed by atoms with E-state index in [-0.39, 0.29) is 12.0 Å². The number of hydrogen-bond donors (Lipinski definition) is 1. The van der Waals surface area contributed by atoms with E-state index in [0.29, 0.717) is 25.1 Å². The predicted molar refractivity (Wildman–Crippen MR) is 89.0 cm³/mol. The van der Waals surface area contributed by atoms with Crippen molar-refractivity contribution in [2.45, 2.75) is 23.2 Å². The van der Waals surface area contributed by atoms with Crippen molar-refractivity contribution in [2.75, 3.05) is 13.1 Å². The van der Waals surface area contributed by atoms with Crippen LogP contribution in [0.4, 0.5) is 0 Å². The lowest BCUT2D eigenvalue weighted by Crippen LogP contribution is -2.29. The summed E-state index contributed by atoms with van der Waals surface area (Å²) >= 11 is 1.78. The first-order chi connectivity index (χ1) is 10.7. The van der Waals surface area contributed by atoms with Gasteiger partial charge in [0.25, 0.3) is 5.91 Å². The van der Waals surface area contributed by atoms with Gasteiger partial charge in [-0.2, -0.15) is 0 Å². The number of hydrogen-bond acceptors (Lipinski definition) is 3. The Hall–Kier alpha value is -1.78. The van der Waals surface area contributed by atoms with Gasteiger partial charge in [-0.1, -0.05) is 30.3 Å². The number of rotatable bonds is 4. The van der Waals surface area contributed by atoms with Gasteiger partial charge >= 0.3 is 0 Å². The van der Waals surface area contributed by atoms with Crippen LogP contribution in [0.15, 0.2) is 59.5 Å². The fourth-order valence-corrected chi connectivity index (χ4v) is 3.41. The standard InChI is InChI=1S/C18H19NO2S/c20-16-10-11-19(12-16)18(21)15-8-6-14(7-9-15)13-22-17-4-2-1-3-5-17/h1-9,16,20H,10-13H2/t16-/m0/s1. The Morgan fingerprint density at radius 1 is 1.14 bits per heavy atom. The number of thioether (sulfide) groups is 1. The number of carbonyl (C=O) groups is 1. The molecule has 0 spiro atoms. The molecule has 4 heteroatoms. The molecule has 1 aliphatic rings. The topological polar surface area (TPSA) is 40.5 Å². The first-order valence-electron chi connectivity index (χ1n) is 7.46. The maximum absolute atomic E-state index is 12.3. The van der Waals surface area contributed by atoms with Gasteiger partial charge < -0.3 is 10.0 Å². The number of likely N-dealkylation sites (tertiary alicyclic amines) is 1. The van der Waals surface area contributed by atoms with Gasteiger partial charge in [-0.25, -0.2) is 0 Å². The molecular formula is C18H19NO2S. The largest absolute Gasteiger partial charge is 0.391 e. The van der Waals surface area contributed by atoms with Gasteiger partial charge in [0.15, 0.2) is 0 Å². The molecule has 1 fully saturated rings. The van der Waals surface area contributed by atoms with Crippen molar-refractivity contribution in [3.05, 3.63) is 65.7 Å². The minimum atomic E-state index is -0.370. The third-order valence-corrected chi connectivity index (χ3v) is 4.88. The Balaban J connectivity index is 1.59. The lowest BCUT2D eigenvalue weighted by Gasteiger charge is -2.15. The van der Waals surface area contributed by atoms with Gasteiger partial charge in [-0.3, -0.25) is 4.79 Å². The van der Waals surface area contributed by atoms with E-state index in [0.717, 1.165) is 5.75 Å². The van der Waals surface area contributed by atoms with Gasteiger partial charge in [0, 0.05) is 29.3 Å². The molecular weight excluding hydrogens is 294 g/mol. The molecule has 1 N–H and O–H groups in total. The van der Waals surface area contributed by atoms with Crippen LogP contribution in [0.1, 0.15) is 22.3 Å². The Labute approximate surface area is 135 Å². The van der Waals surface area contributed by atoms with Crippen molar-refractivity contribution in [1.29, 1.82) is 0 Å². The molecule has 0 radical (unpaired) electrons. The van der Waals surface area contributed by atoms with E-state index < -0.39 is 0 Å². The van der Waals surface area contributed by atoms with Crippen LogP contribution in [0.2, 0.25) is 0 Å². The molecule has 1 atom stereocenters. The van der Waals surface area contributed by atoms with E-state index in [1.54, 1.807) is 16.7 Å². The van der Waals surface area contributed by atoms with Crippen molar-refractivity contribution in [2.24, 2.45) is 0 Å². The maximum Gasteiger partial charge on any atom is 0.253 e. The molecule has 0 aromatic heterocycles. The van der Waals surface area contributed by atoms with Crippen molar-refractivity contribution in [3.8, 4) is 0 Å². The molecule has 22 heavy (non-hydrogen) atoms. The second-order valence-electron chi connectivity index (χ2n) is 5.49. The molecule has 1 aliphatic heterocycles. The third-order valence-electron chi connectivity index (χ3n) is 3.80. The Kier molecular flexibility index (Phi) is 4.80. The van der Waals surface area contributed by atoms with Gasteiger partial charge in [-0.05, 0) is 36.2 Å². The summed E-state index contributed by atoms with van der Waals surface area (Å²) in [5.41, 5.74) is 1.90. The van der Waals surface area contributed by atoms with Crippen molar-refractivity contribution in [1.82, 2.24) is 4.90 Å². The first kappa shape index (κ1) is 15.1. The summed E-state index contributed by atoms with van der Waals surface area (Å²) in [6.45, 7) is 1.09. The normalized spacial score (nSPS) is 17.7. The molecule has 2 aromatic carbocycles. The fraction of sp³-hybridized carbons (Fsp3) is 0.278. The highest BCUT2D eigenvalue weighted by molar-refractivity contribution is 7.98. The number of carbonyl (C=O) groups excluding carboxylic acids is 1. The van der Waals surface area contributed by atoms with Crippen LogP contribution in [0.3, 0.4) is 0 Å². The number of benzene rings is 2. The molecule has 2 aromatic rings. The number of amides is 1. The lowest BCUT2D eigenvalue weighted by molar-refractivity contribution is 0.0765. The SMILES string of the molecule is O=C(c1ccc(CSc2ccccc2)cc1)N1CC[C@H](O)C1. The van der Waals surface area contributed by atoms with E-state index >= 15 is 0 Å². The molecule has 3 nitrogen and oxygen atoms in total. The van der Waals surface area contributed by atoms with Crippen molar-refractivity contribution < 1.29 is 9.90 Å². The molecule has 3 rings (SSSR count). The second-order valence-corrected chi connectivity index (χ2v) is 6.54. The minimum Gasteiger partial charge on any atom is -0.391 e. The molecule has 0 aliphatic carbocycles. The highest BCUT2D eigenvalue weighted by Gasteiger charge is 2.25. The predicted octanol–water partition coefficient (Wildman–Crippen LogP) is 3.19. The summed E-state index contributed by atoms with van der Waals surface area (Å²) in [6.07, 6.45) is 0.308. The van der Waals surface area contributed by atoms with E-state index in [4.69, 9.17) is 0 Å². The van der Waals surface area contributed by atoms with Gasteiger partial charge in [-0.15, -0.1) is 11.8 Å². The molecule has 1 heterocycles. The molecule has 0 saturated carbocycles. The van der Waals surface area contributed by atoms with Crippen LogP contribution in [0, 0.1) is 0 Å². The number of β-amino-alcohol motifs (C(OH)–C–C–N with tert-alkyl or cyclic N) is 1. The Morgan fingerprint density at radius 2 is 1.86 bits per heavy atom. The Bertz CT molecular complexity index is 627. The third kappa shape index (κ3) is 3.70. The van der Waals surface area contributed by atoms with Crippen molar-refractivity contribution >= 4 is 17.7 Å². The maximum atomic E-state index is 12.3. The zero-order valence-electron chi connectivity index (χ0n) is 12.3. The van der Waals surface area contributed by atoms with Crippen LogP contribution in [-0.2, 0) is 5.75 Å². The highest BCUT2D eigenvalue weighted by atomic mass is 32.2.